The van der Waals surface area contributed by atoms with Crippen molar-refractivity contribution in [1.29, 1.82) is 0 Å². The summed E-state index contributed by atoms with van der Waals surface area (Å²) in [5.74, 6) is 4.39. The summed E-state index contributed by atoms with van der Waals surface area (Å²) < 4.78 is 0. The monoisotopic (exact) mass is 208 g/mol. The second-order valence-corrected chi connectivity index (χ2v) is 6.27. The van der Waals surface area contributed by atoms with Gasteiger partial charge in [-0.05, 0) is 49.4 Å². The van der Waals surface area contributed by atoms with E-state index in [0.717, 1.165) is 23.7 Å². The van der Waals surface area contributed by atoms with Gasteiger partial charge in [0.05, 0.1) is 0 Å². The molecule has 2 aliphatic rings. The molecule has 15 heavy (non-hydrogen) atoms. The Morgan fingerprint density at radius 2 is 1.73 bits per heavy atom. The lowest BCUT2D eigenvalue weighted by Gasteiger charge is -2.31. The van der Waals surface area contributed by atoms with Crippen molar-refractivity contribution in [2.45, 2.75) is 71.6 Å². The third kappa shape index (κ3) is 2.98. The van der Waals surface area contributed by atoms with E-state index >= 15 is 0 Å². The number of hydrogen-bond donors (Lipinski definition) is 0. The first-order valence-electron chi connectivity index (χ1n) is 7.29. The van der Waals surface area contributed by atoms with Gasteiger partial charge in [0.2, 0.25) is 0 Å². The van der Waals surface area contributed by atoms with Crippen LogP contribution in [-0.4, -0.2) is 0 Å². The van der Waals surface area contributed by atoms with Gasteiger partial charge in [0.15, 0.2) is 0 Å². The third-order valence-electron chi connectivity index (χ3n) is 4.87. The first-order valence-corrected chi connectivity index (χ1v) is 7.29. The molecule has 0 nitrogen and oxygen atoms in total. The van der Waals surface area contributed by atoms with Gasteiger partial charge in [-0.3, -0.25) is 0 Å². The minimum atomic E-state index is 1.04. The first-order chi connectivity index (χ1) is 7.29. The van der Waals surface area contributed by atoms with Crippen LogP contribution in [0, 0.1) is 23.7 Å². The fourth-order valence-electron chi connectivity index (χ4n) is 4.10. The average molecular weight is 208 g/mol. The van der Waals surface area contributed by atoms with Crippen LogP contribution in [0.3, 0.4) is 0 Å². The smallest absolute Gasteiger partial charge is 0.0381 e. The summed E-state index contributed by atoms with van der Waals surface area (Å²) in [6.07, 6.45) is 13.7. The lowest BCUT2D eigenvalue weighted by molar-refractivity contribution is 0.197. The minimum Gasteiger partial charge on any atom is -0.0654 e. The highest BCUT2D eigenvalue weighted by molar-refractivity contribution is 4.87. The average Bonchev–Trinajstić information content (AvgIpc) is 2.57. The molecule has 0 aliphatic heterocycles. The van der Waals surface area contributed by atoms with Crippen LogP contribution < -0.4 is 0 Å². The molecule has 0 heterocycles. The molecule has 0 N–H and O–H groups in total. The Labute approximate surface area is 95.8 Å². The summed E-state index contributed by atoms with van der Waals surface area (Å²) in [6, 6.07) is 0. The summed E-state index contributed by atoms with van der Waals surface area (Å²) in [5, 5.41) is 0. The summed E-state index contributed by atoms with van der Waals surface area (Å²) >= 11 is 0. The van der Waals surface area contributed by atoms with E-state index in [1.165, 1.54) is 25.7 Å². The van der Waals surface area contributed by atoms with Gasteiger partial charge in [0.25, 0.3) is 0 Å². The van der Waals surface area contributed by atoms with Gasteiger partial charge >= 0.3 is 0 Å². The molecule has 4 atom stereocenters. The normalized spacial score (nSPS) is 40.4. The van der Waals surface area contributed by atoms with E-state index in [1.54, 1.807) is 32.1 Å². The Hall–Kier alpha value is 0. The molecule has 2 fully saturated rings. The lowest BCUT2D eigenvalue weighted by atomic mass is 9.74. The zero-order valence-electron chi connectivity index (χ0n) is 10.7. The van der Waals surface area contributed by atoms with Crippen LogP contribution in [-0.2, 0) is 0 Å². The molecule has 0 aromatic rings. The maximum absolute atomic E-state index is 2.46. The lowest BCUT2D eigenvalue weighted by Crippen LogP contribution is -2.20. The van der Waals surface area contributed by atoms with Crippen molar-refractivity contribution in [3.05, 3.63) is 0 Å². The van der Waals surface area contributed by atoms with Crippen LogP contribution in [0.1, 0.15) is 71.6 Å². The Morgan fingerprint density at radius 1 is 0.933 bits per heavy atom. The van der Waals surface area contributed by atoms with E-state index in [-0.39, 0.29) is 0 Å². The van der Waals surface area contributed by atoms with Gasteiger partial charge in [-0.2, -0.15) is 0 Å². The fourth-order valence-corrected chi connectivity index (χ4v) is 4.10. The summed E-state index contributed by atoms with van der Waals surface area (Å²) in [7, 11) is 0. The SMILES string of the molecule is CCCCCC1CCC2CC(C)CC2C1. The van der Waals surface area contributed by atoms with Gasteiger partial charge in [-0.15, -0.1) is 0 Å². The minimum absolute atomic E-state index is 1.04. The van der Waals surface area contributed by atoms with E-state index in [9.17, 15) is 0 Å². The largest absolute Gasteiger partial charge is 0.0654 e. The van der Waals surface area contributed by atoms with Crippen molar-refractivity contribution < 1.29 is 0 Å². The van der Waals surface area contributed by atoms with E-state index in [4.69, 9.17) is 0 Å². The van der Waals surface area contributed by atoms with Gasteiger partial charge in [-0.1, -0.05) is 46.0 Å². The van der Waals surface area contributed by atoms with E-state index in [2.05, 4.69) is 13.8 Å². The van der Waals surface area contributed by atoms with Crippen LogP contribution in [0.25, 0.3) is 0 Å². The molecule has 2 aliphatic carbocycles. The molecule has 0 aromatic carbocycles. The van der Waals surface area contributed by atoms with Crippen LogP contribution in [0.2, 0.25) is 0 Å². The topological polar surface area (TPSA) is 0 Å². The highest BCUT2D eigenvalue weighted by Crippen LogP contribution is 2.47. The molecule has 0 amide bonds. The summed E-state index contributed by atoms with van der Waals surface area (Å²) in [5.41, 5.74) is 0. The summed E-state index contributed by atoms with van der Waals surface area (Å²) in [4.78, 5) is 0. The van der Waals surface area contributed by atoms with Crippen molar-refractivity contribution >= 4 is 0 Å². The van der Waals surface area contributed by atoms with Crippen molar-refractivity contribution in [3.8, 4) is 0 Å². The maximum Gasteiger partial charge on any atom is -0.0381 e. The molecule has 4 unspecified atom stereocenters. The second kappa shape index (κ2) is 5.37. The third-order valence-corrected chi connectivity index (χ3v) is 4.87. The molecule has 88 valence electrons. The maximum atomic E-state index is 2.46. The van der Waals surface area contributed by atoms with Crippen molar-refractivity contribution in [2.24, 2.45) is 23.7 Å². The van der Waals surface area contributed by atoms with Crippen LogP contribution in [0.15, 0.2) is 0 Å². The van der Waals surface area contributed by atoms with Crippen molar-refractivity contribution in [2.75, 3.05) is 0 Å². The number of fused-ring (bicyclic) bond motifs is 1. The van der Waals surface area contributed by atoms with Crippen LogP contribution in [0.4, 0.5) is 0 Å². The fraction of sp³-hybridized carbons (Fsp3) is 1.00. The number of unbranched alkanes of at least 4 members (excludes halogenated alkanes) is 2. The van der Waals surface area contributed by atoms with Crippen LogP contribution in [0.5, 0.6) is 0 Å². The molecular formula is C15H28. The molecule has 0 saturated heterocycles. The Morgan fingerprint density at radius 3 is 2.53 bits per heavy atom. The molecule has 0 spiro atoms. The van der Waals surface area contributed by atoms with Crippen LogP contribution >= 0.6 is 0 Å². The quantitative estimate of drug-likeness (QED) is 0.568. The highest BCUT2D eigenvalue weighted by Gasteiger charge is 2.36. The predicted molar refractivity (Wildman–Crippen MR) is 66.9 cm³/mol. The van der Waals surface area contributed by atoms with Gasteiger partial charge < -0.3 is 0 Å². The zero-order chi connectivity index (χ0) is 10.7. The Balaban J connectivity index is 1.72. The standard InChI is InChI=1S/C15H28/c1-3-4-5-6-13-7-8-14-9-12(2)10-15(14)11-13/h12-15H,3-11H2,1-2H3. The first kappa shape index (κ1) is 11.5. The zero-order valence-corrected chi connectivity index (χ0v) is 10.7. The highest BCUT2D eigenvalue weighted by atomic mass is 14.4. The molecule has 2 rings (SSSR count). The van der Waals surface area contributed by atoms with E-state index < -0.39 is 0 Å². The summed E-state index contributed by atoms with van der Waals surface area (Å²) in [6.45, 7) is 4.78. The number of rotatable bonds is 4. The predicted octanol–water partition coefficient (Wildman–Crippen LogP) is 5.03. The van der Waals surface area contributed by atoms with E-state index in [1.807, 2.05) is 0 Å². The Kier molecular flexibility index (Phi) is 4.11. The van der Waals surface area contributed by atoms with E-state index in [0.29, 0.717) is 0 Å². The molecule has 0 radical (unpaired) electrons. The second-order valence-electron chi connectivity index (χ2n) is 6.27. The molecule has 0 bridgehead atoms. The molecule has 0 aromatic heterocycles. The van der Waals surface area contributed by atoms with Crippen molar-refractivity contribution in [1.82, 2.24) is 0 Å². The molecule has 2 saturated carbocycles. The Bertz CT molecular complexity index is 182. The van der Waals surface area contributed by atoms with Gasteiger partial charge in [0.1, 0.15) is 0 Å². The molecule has 0 heteroatoms. The molecular weight excluding hydrogens is 180 g/mol. The van der Waals surface area contributed by atoms with Gasteiger partial charge in [0, 0.05) is 0 Å². The van der Waals surface area contributed by atoms with Crippen molar-refractivity contribution in [3.63, 3.8) is 0 Å². The van der Waals surface area contributed by atoms with Gasteiger partial charge in [-0.25, -0.2) is 0 Å². The number of hydrogen-bond acceptors (Lipinski definition) is 0.